The van der Waals surface area contributed by atoms with Crippen molar-refractivity contribution in [2.45, 2.75) is 77.4 Å². The van der Waals surface area contributed by atoms with Gasteiger partial charge in [-0.15, -0.1) is 0 Å². The van der Waals surface area contributed by atoms with Gasteiger partial charge >= 0.3 is 0 Å². The van der Waals surface area contributed by atoms with Gasteiger partial charge in [0.05, 0.1) is 5.60 Å². The standard InChI is InChI=1S/C16H31NO/c1-5-18-16(11-9-15(2,3)10-12-16)14(17-4)13-7-6-8-13/h13-14,17H,5-12H2,1-4H3. The predicted octanol–water partition coefficient (Wildman–Crippen LogP) is 3.75. The maximum Gasteiger partial charge on any atom is 0.0837 e. The van der Waals surface area contributed by atoms with Gasteiger partial charge in [0.1, 0.15) is 0 Å². The minimum atomic E-state index is 0.115. The molecule has 2 fully saturated rings. The molecule has 106 valence electrons. The van der Waals surface area contributed by atoms with Crippen LogP contribution in [0.2, 0.25) is 0 Å². The molecule has 1 N–H and O–H groups in total. The molecule has 0 spiro atoms. The lowest BCUT2D eigenvalue weighted by molar-refractivity contribution is -0.122. The number of nitrogens with one attached hydrogen (secondary N) is 1. The van der Waals surface area contributed by atoms with Crippen LogP contribution >= 0.6 is 0 Å². The predicted molar refractivity (Wildman–Crippen MR) is 76.8 cm³/mol. The van der Waals surface area contributed by atoms with Crippen LogP contribution in [-0.2, 0) is 4.74 Å². The summed E-state index contributed by atoms with van der Waals surface area (Å²) in [7, 11) is 2.13. The van der Waals surface area contributed by atoms with Gasteiger partial charge in [0.15, 0.2) is 0 Å². The van der Waals surface area contributed by atoms with Gasteiger partial charge in [-0.05, 0) is 63.8 Å². The lowest BCUT2D eigenvalue weighted by Gasteiger charge is -2.51. The lowest BCUT2D eigenvalue weighted by Crippen LogP contribution is -2.58. The topological polar surface area (TPSA) is 21.3 Å². The van der Waals surface area contributed by atoms with Crippen molar-refractivity contribution in [3.63, 3.8) is 0 Å². The second kappa shape index (κ2) is 5.50. The highest BCUT2D eigenvalue weighted by atomic mass is 16.5. The quantitative estimate of drug-likeness (QED) is 0.805. The van der Waals surface area contributed by atoms with Crippen LogP contribution in [0, 0.1) is 11.3 Å². The monoisotopic (exact) mass is 253 g/mol. The summed E-state index contributed by atoms with van der Waals surface area (Å²) in [5.74, 6) is 0.850. The van der Waals surface area contributed by atoms with Gasteiger partial charge in [-0.1, -0.05) is 20.3 Å². The Balaban J connectivity index is 2.10. The molecule has 0 saturated heterocycles. The van der Waals surface area contributed by atoms with E-state index in [1.807, 2.05) is 0 Å². The first-order valence-electron chi connectivity index (χ1n) is 7.84. The first-order chi connectivity index (χ1) is 8.53. The summed E-state index contributed by atoms with van der Waals surface area (Å²) >= 11 is 0. The first-order valence-corrected chi connectivity index (χ1v) is 7.84. The van der Waals surface area contributed by atoms with E-state index in [9.17, 15) is 0 Å². The van der Waals surface area contributed by atoms with Gasteiger partial charge < -0.3 is 10.1 Å². The summed E-state index contributed by atoms with van der Waals surface area (Å²) in [5.41, 5.74) is 0.628. The molecule has 2 heteroatoms. The SMILES string of the molecule is CCOC1(C(NC)C2CCC2)CCC(C)(C)CC1. The van der Waals surface area contributed by atoms with Crippen molar-refractivity contribution >= 4 is 0 Å². The zero-order chi connectivity index (χ0) is 13.2. The average molecular weight is 253 g/mol. The summed E-state index contributed by atoms with van der Waals surface area (Å²) < 4.78 is 6.31. The number of ether oxygens (including phenoxy) is 1. The van der Waals surface area contributed by atoms with Gasteiger partial charge in [-0.25, -0.2) is 0 Å². The summed E-state index contributed by atoms with van der Waals surface area (Å²) in [6.07, 6.45) is 9.27. The van der Waals surface area contributed by atoms with Gasteiger partial charge in [-0.2, -0.15) is 0 Å². The molecule has 18 heavy (non-hydrogen) atoms. The number of rotatable bonds is 5. The molecule has 0 radical (unpaired) electrons. The number of likely N-dealkylation sites (N-methyl/N-ethyl adjacent to an activating group) is 1. The first kappa shape index (κ1) is 14.3. The van der Waals surface area contributed by atoms with E-state index in [1.54, 1.807) is 0 Å². The van der Waals surface area contributed by atoms with Crippen LogP contribution in [0.15, 0.2) is 0 Å². The Morgan fingerprint density at radius 2 is 1.78 bits per heavy atom. The van der Waals surface area contributed by atoms with Crippen molar-refractivity contribution in [3.05, 3.63) is 0 Å². The molecular weight excluding hydrogens is 222 g/mol. The lowest BCUT2D eigenvalue weighted by atomic mass is 9.63. The van der Waals surface area contributed by atoms with Crippen LogP contribution in [-0.4, -0.2) is 25.3 Å². The van der Waals surface area contributed by atoms with Crippen molar-refractivity contribution in [2.75, 3.05) is 13.7 Å². The summed E-state index contributed by atoms with van der Waals surface area (Å²) in [5, 5.41) is 3.60. The molecule has 2 aliphatic carbocycles. The molecule has 0 aromatic rings. The third-order valence-electron chi connectivity index (χ3n) is 5.38. The van der Waals surface area contributed by atoms with Crippen LogP contribution in [0.3, 0.4) is 0 Å². The second-order valence-electron chi connectivity index (χ2n) is 7.12. The molecular formula is C16H31NO. The number of hydrogen-bond acceptors (Lipinski definition) is 2. The summed E-state index contributed by atoms with van der Waals surface area (Å²) in [6, 6.07) is 0.572. The fraction of sp³-hybridized carbons (Fsp3) is 1.00. The smallest absolute Gasteiger partial charge is 0.0837 e. The molecule has 0 aromatic heterocycles. The maximum absolute atomic E-state index is 6.31. The highest BCUT2D eigenvalue weighted by molar-refractivity contribution is 5.02. The maximum atomic E-state index is 6.31. The average Bonchev–Trinajstić information content (AvgIpc) is 2.27. The van der Waals surface area contributed by atoms with Crippen molar-refractivity contribution in [3.8, 4) is 0 Å². The Bertz CT molecular complexity index is 260. The van der Waals surface area contributed by atoms with E-state index in [4.69, 9.17) is 4.74 Å². The molecule has 2 saturated carbocycles. The fourth-order valence-corrected chi connectivity index (χ4v) is 3.88. The minimum Gasteiger partial charge on any atom is -0.374 e. The van der Waals surface area contributed by atoms with Gasteiger partial charge in [-0.3, -0.25) is 0 Å². The Hall–Kier alpha value is -0.0800. The van der Waals surface area contributed by atoms with E-state index < -0.39 is 0 Å². The van der Waals surface area contributed by atoms with Crippen LogP contribution in [0.5, 0.6) is 0 Å². The molecule has 2 aliphatic rings. The molecule has 0 aliphatic heterocycles. The highest BCUT2D eigenvalue weighted by Crippen LogP contribution is 2.47. The Morgan fingerprint density at radius 3 is 2.17 bits per heavy atom. The summed E-state index contributed by atoms with van der Waals surface area (Å²) in [4.78, 5) is 0. The molecule has 1 atom stereocenters. The van der Waals surface area contributed by atoms with E-state index in [2.05, 4.69) is 33.1 Å². The van der Waals surface area contributed by atoms with E-state index in [0.717, 1.165) is 12.5 Å². The van der Waals surface area contributed by atoms with Crippen molar-refractivity contribution < 1.29 is 4.74 Å². The van der Waals surface area contributed by atoms with Crippen LogP contribution < -0.4 is 5.32 Å². The zero-order valence-electron chi connectivity index (χ0n) is 12.7. The van der Waals surface area contributed by atoms with Crippen LogP contribution in [0.25, 0.3) is 0 Å². The molecule has 0 amide bonds. The Morgan fingerprint density at radius 1 is 1.17 bits per heavy atom. The highest BCUT2D eigenvalue weighted by Gasteiger charge is 2.47. The molecule has 2 nitrogen and oxygen atoms in total. The fourth-order valence-electron chi connectivity index (χ4n) is 3.88. The summed E-state index contributed by atoms with van der Waals surface area (Å²) in [6.45, 7) is 7.81. The molecule has 0 bridgehead atoms. The zero-order valence-corrected chi connectivity index (χ0v) is 12.7. The third kappa shape index (κ3) is 2.75. The van der Waals surface area contributed by atoms with Gasteiger partial charge in [0.25, 0.3) is 0 Å². The van der Waals surface area contributed by atoms with E-state index in [1.165, 1.54) is 44.9 Å². The van der Waals surface area contributed by atoms with Crippen LogP contribution in [0.4, 0.5) is 0 Å². The molecule has 1 unspecified atom stereocenters. The third-order valence-corrected chi connectivity index (χ3v) is 5.38. The van der Waals surface area contributed by atoms with Gasteiger partial charge in [0.2, 0.25) is 0 Å². The van der Waals surface area contributed by atoms with Crippen molar-refractivity contribution in [2.24, 2.45) is 11.3 Å². The van der Waals surface area contributed by atoms with E-state index >= 15 is 0 Å². The largest absolute Gasteiger partial charge is 0.374 e. The molecule has 2 rings (SSSR count). The van der Waals surface area contributed by atoms with Crippen molar-refractivity contribution in [1.82, 2.24) is 5.32 Å². The van der Waals surface area contributed by atoms with E-state index in [-0.39, 0.29) is 5.60 Å². The second-order valence-corrected chi connectivity index (χ2v) is 7.12. The Labute approximate surface area is 113 Å². The minimum absolute atomic E-state index is 0.115. The Kier molecular flexibility index (Phi) is 4.38. The van der Waals surface area contributed by atoms with Crippen molar-refractivity contribution in [1.29, 1.82) is 0 Å². The molecule has 0 aromatic carbocycles. The van der Waals surface area contributed by atoms with E-state index in [0.29, 0.717) is 11.5 Å². The van der Waals surface area contributed by atoms with Crippen LogP contribution in [0.1, 0.15) is 65.7 Å². The van der Waals surface area contributed by atoms with Gasteiger partial charge in [0, 0.05) is 12.6 Å². The normalized spacial score (nSPS) is 28.7. The molecule has 0 heterocycles. The number of hydrogen-bond donors (Lipinski definition) is 1.